The second kappa shape index (κ2) is 3.41. The van der Waals surface area contributed by atoms with Gasteiger partial charge in [-0.3, -0.25) is 0 Å². The van der Waals surface area contributed by atoms with Crippen molar-refractivity contribution >= 4 is 23.2 Å². The third kappa shape index (κ3) is 1.65. The summed E-state index contributed by atoms with van der Waals surface area (Å²) in [6, 6.07) is 3.83. The van der Waals surface area contributed by atoms with Gasteiger partial charge in [0.2, 0.25) is 0 Å². The SMILES string of the molecule is CC1(C)CNCc2cc(Cl)cc(Cl)c21. The summed E-state index contributed by atoms with van der Waals surface area (Å²) in [5.41, 5.74) is 2.55. The summed E-state index contributed by atoms with van der Waals surface area (Å²) in [6.07, 6.45) is 0. The van der Waals surface area contributed by atoms with Crippen molar-refractivity contribution in [1.82, 2.24) is 5.32 Å². The molecule has 1 heterocycles. The monoisotopic (exact) mass is 229 g/mol. The predicted molar refractivity (Wildman–Crippen MR) is 61.2 cm³/mol. The molecule has 0 atom stereocenters. The van der Waals surface area contributed by atoms with Gasteiger partial charge in [-0.15, -0.1) is 0 Å². The second-order valence-corrected chi connectivity index (χ2v) is 5.25. The third-order valence-corrected chi connectivity index (χ3v) is 3.21. The number of rotatable bonds is 0. The van der Waals surface area contributed by atoms with E-state index in [2.05, 4.69) is 19.2 Å². The largest absolute Gasteiger partial charge is 0.312 e. The number of halogens is 2. The Balaban J connectivity index is 2.63. The highest BCUT2D eigenvalue weighted by atomic mass is 35.5. The van der Waals surface area contributed by atoms with Gasteiger partial charge in [-0.05, 0) is 23.3 Å². The van der Waals surface area contributed by atoms with Crippen LogP contribution < -0.4 is 5.32 Å². The highest BCUT2D eigenvalue weighted by Crippen LogP contribution is 2.36. The molecule has 1 aliphatic heterocycles. The van der Waals surface area contributed by atoms with Crippen LogP contribution in [0.1, 0.15) is 25.0 Å². The van der Waals surface area contributed by atoms with Crippen molar-refractivity contribution < 1.29 is 0 Å². The van der Waals surface area contributed by atoms with Gasteiger partial charge in [-0.25, -0.2) is 0 Å². The Morgan fingerprint density at radius 3 is 2.71 bits per heavy atom. The number of benzene rings is 1. The van der Waals surface area contributed by atoms with E-state index < -0.39 is 0 Å². The minimum Gasteiger partial charge on any atom is -0.312 e. The zero-order chi connectivity index (χ0) is 10.3. The van der Waals surface area contributed by atoms with Crippen LogP contribution in [0.2, 0.25) is 10.0 Å². The Bertz CT molecular complexity index is 372. The Morgan fingerprint density at radius 2 is 2.00 bits per heavy atom. The van der Waals surface area contributed by atoms with E-state index >= 15 is 0 Å². The lowest BCUT2D eigenvalue weighted by atomic mass is 9.79. The van der Waals surface area contributed by atoms with Crippen molar-refractivity contribution in [1.29, 1.82) is 0 Å². The molecule has 0 aromatic heterocycles. The summed E-state index contributed by atoms with van der Waals surface area (Å²) in [7, 11) is 0. The third-order valence-electron chi connectivity index (χ3n) is 2.70. The lowest BCUT2D eigenvalue weighted by Gasteiger charge is -2.34. The highest BCUT2D eigenvalue weighted by molar-refractivity contribution is 6.35. The molecule has 0 saturated carbocycles. The Morgan fingerprint density at radius 1 is 1.29 bits per heavy atom. The molecule has 2 rings (SSSR count). The summed E-state index contributed by atoms with van der Waals surface area (Å²) in [6.45, 7) is 6.20. The standard InChI is InChI=1S/C11H13Cl2N/c1-11(2)6-14-5-7-3-8(12)4-9(13)10(7)11/h3-4,14H,5-6H2,1-2H3. The Kier molecular flexibility index (Phi) is 2.50. The minimum absolute atomic E-state index is 0.0925. The molecule has 0 radical (unpaired) electrons. The number of nitrogens with one attached hydrogen (secondary N) is 1. The van der Waals surface area contributed by atoms with Crippen LogP contribution >= 0.6 is 23.2 Å². The molecule has 1 N–H and O–H groups in total. The van der Waals surface area contributed by atoms with Gasteiger partial charge in [-0.2, -0.15) is 0 Å². The van der Waals surface area contributed by atoms with Crippen molar-refractivity contribution in [3.8, 4) is 0 Å². The normalized spacial score (nSPS) is 19.1. The van der Waals surface area contributed by atoms with Gasteiger partial charge in [0.15, 0.2) is 0 Å². The molecule has 0 amide bonds. The van der Waals surface area contributed by atoms with Gasteiger partial charge in [0.1, 0.15) is 0 Å². The van der Waals surface area contributed by atoms with Crippen LogP contribution in [-0.2, 0) is 12.0 Å². The summed E-state index contributed by atoms with van der Waals surface area (Å²) in [4.78, 5) is 0. The van der Waals surface area contributed by atoms with E-state index in [1.807, 2.05) is 12.1 Å². The zero-order valence-electron chi connectivity index (χ0n) is 8.32. The predicted octanol–water partition coefficient (Wildman–Crippen LogP) is 3.37. The molecule has 0 saturated heterocycles. The molecule has 0 bridgehead atoms. The molecular weight excluding hydrogens is 217 g/mol. The second-order valence-electron chi connectivity index (χ2n) is 4.41. The van der Waals surface area contributed by atoms with Gasteiger partial charge < -0.3 is 5.32 Å². The van der Waals surface area contributed by atoms with E-state index in [0.717, 1.165) is 18.1 Å². The fourth-order valence-corrected chi connectivity index (χ4v) is 2.91. The van der Waals surface area contributed by atoms with Crippen molar-refractivity contribution in [3.05, 3.63) is 33.3 Å². The van der Waals surface area contributed by atoms with E-state index in [-0.39, 0.29) is 5.41 Å². The van der Waals surface area contributed by atoms with Gasteiger partial charge in [-0.1, -0.05) is 37.0 Å². The van der Waals surface area contributed by atoms with E-state index in [1.54, 1.807) is 0 Å². The van der Waals surface area contributed by atoms with Gasteiger partial charge in [0.05, 0.1) is 0 Å². The van der Waals surface area contributed by atoms with Crippen LogP contribution in [0.15, 0.2) is 12.1 Å². The topological polar surface area (TPSA) is 12.0 Å². The molecule has 0 aliphatic carbocycles. The summed E-state index contributed by atoms with van der Waals surface area (Å²) < 4.78 is 0. The Labute approximate surface area is 94.4 Å². The lowest BCUT2D eigenvalue weighted by Crippen LogP contribution is -2.38. The fourth-order valence-electron chi connectivity index (χ4n) is 2.12. The minimum atomic E-state index is 0.0925. The first-order valence-corrected chi connectivity index (χ1v) is 5.45. The van der Waals surface area contributed by atoms with Gasteiger partial charge in [0.25, 0.3) is 0 Å². The lowest BCUT2D eigenvalue weighted by molar-refractivity contribution is 0.435. The van der Waals surface area contributed by atoms with Crippen molar-refractivity contribution in [2.45, 2.75) is 25.8 Å². The van der Waals surface area contributed by atoms with E-state index in [9.17, 15) is 0 Å². The Hall–Kier alpha value is -0.240. The molecule has 1 aromatic rings. The first kappa shape index (κ1) is 10.3. The molecule has 0 fully saturated rings. The van der Waals surface area contributed by atoms with Crippen molar-refractivity contribution in [2.24, 2.45) is 0 Å². The van der Waals surface area contributed by atoms with Gasteiger partial charge in [0, 0.05) is 28.5 Å². The van der Waals surface area contributed by atoms with Gasteiger partial charge >= 0.3 is 0 Å². The zero-order valence-corrected chi connectivity index (χ0v) is 9.84. The number of hydrogen-bond acceptors (Lipinski definition) is 1. The summed E-state index contributed by atoms with van der Waals surface area (Å²) in [5, 5.41) is 4.88. The van der Waals surface area contributed by atoms with Crippen LogP contribution in [0, 0.1) is 0 Å². The first-order valence-electron chi connectivity index (χ1n) is 4.70. The molecule has 1 aromatic carbocycles. The maximum absolute atomic E-state index is 6.22. The number of hydrogen-bond donors (Lipinski definition) is 1. The molecule has 1 nitrogen and oxygen atoms in total. The molecule has 1 aliphatic rings. The van der Waals surface area contributed by atoms with Crippen molar-refractivity contribution in [2.75, 3.05) is 6.54 Å². The average Bonchev–Trinajstić information content (AvgIpc) is 2.00. The summed E-state index contributed by atoms with van der Waals surface area (Å²) in [5.74, 6) is 0. The smallest absolute Gasteiger partial charge is 0.0461 e. The van der Waals surface area contributed by atoms with E-state index in [0.29, 0.717) is 5.02 Å². The molecule has 0 spiro atoms. The van der Waals surface area contributed by atoms with Crippen LogP contribution in [-0.4, -0.2) is 6.54 Å². The maximum Gasteiger partial charge on any atom is 0.0461 e. The fraction of sp³-hybridized carbons (Fsp3) is 0.455. The van der Waals surface area contributed by atoms with Crippen LogP contribution in [0.25, 0.3) is 0 Å². The van der Waals surface area contributed by atoms with Crippen LogP contribution in [0.4, 0.5) is 0 Å². The van der Waals surface area contributed by atoms with Crippen LogP contribution in [0.5, 0.6) is 0 Å². The molecule has 76 valence electrons. The van der Waals surface area contributed by atoms with E-state index in [1.165, 1.54) is 11.1 Å². The first-order chi connectivity index (χ1) is 6.50. The average molecular weight is 230 g/mol. The molecule has 3 heteroatoms. The molecule has 0 unspecified atom stereocenters. The van der Waals surface area contributed by atoms with E-state index in [4.69, 9.17) is 23.2 Å². The quantitative estimate of drug-likeness (QED) is 0.720. The van der Waals surface area contributed by atoms with Crippen LogP contribution in [0.3, 0.4) is 0 Å². The van der Waals surface area contributed by atoms with Crippen molar-refractivity contribution in [3.63, 3.8) is 0 Å². The molecular formula is C11H13Cl2N. The maximum atomic E-state index is 6.22. The summed E-state index contributed by atoms with van der Waals surface area (Å²) >= 11 is 12.2. The highest BCUT2D eigenvalue weighted by Gasteiger charge is 2.29. The number of fused-ring (bicyclic) bond motifs is 1. The molecule has 14 heavy (non-hydrogen) atoms.